The van der Waals surface area contributed by atoms with E-state index in [-0.39, 0.29) is 5.91 Å². The summed E-state index contributed by atoms with van der Waals surface area (Å²) in [5.41, 5.74) is 0. The number of hydrogen-bond donors (Lipinski definition) is 2. The number of carbonyl (C=O) groups is 1. The van der Waals surface area contributed by atoms with Crippen molar-refractivity contribution in [3.63, 3.8) is 0 Å². The van der Waals surface area contributed by atoms with E-state index in [1.165, 1.54) is 32.2 Å². The minimum Gasteiger partial charge on any atom is -0.356 e. The fourth-order valence-corrected chi connectivity index (χ4v) is 2.58. The predicted octanol–water partition coefficient (Wildman–Crippen LogP) is 0.977. The van der Waals surface area contributed by atoms with Crippen LogP contribution in [0.2, 0.25) is 0 Å². The molecule has 1 heterocycles. The third kappa shape index (κ3) is 4.94. The van der Waals surface area contributed by atoms with Gasteiger partial charge in [0.15, 0.2) is 0 Å². The number of likely N-dealkylation sites (tertiary alicyclic amines) is 1. The van der Waals surface area contributed by atoms with Gasteiger partial charge in [-0.05, 0) is 58.2 Å². The number of rotatable bonds is 7. The summed E-state index contributed by atoms with van der Waals surface area (Å²) in [5.74, 6) is 1.04. The summed E-state index contributed by atoms with van der Waals surface area (Å²) in [5, 5.41) is 6.48. The lowest BCUT2D eigenvalue weighted by Gasteiger charge is -2.31. The maximum absolute atomic E-state index is 11.4. The average molecular weight is 253 g/mol. The lowest BCUT2D eigenvalue weighted by atomic mass is 9.96. The van der Waals surface area contributed by atoms with Crippen molar-refractivity contribution in [3.05, 3.63) is 0 Å². The van der Waals surface area contributed by atoms with E-state index in [9.17, 15) is 4.79 Å². The summed E-state index contributed by atoms with van der Waals surface area (Å²) in [4.78, 5) is 13.8. The van der Waals surface area contributed by atoms with Gasteiger partial charge in [0.25, 0.3) is 0 Å². The first-order valence-electron chi connectivity index (χ1n) is 7.50. The second-order valence-corrected chi connectivity index (χ2v) is 5.67. The second-order valence-electron chi connectivity index (χ2n) is 5.67. The maximum atomic E-state index is 11.4. The van der Waals surface area contributed by atoms with Gasteiger partial charge in [0.2, 0.25) is 5.91 Å². The van der Waals surface area contributed by atoms with E-state index in [2.05, 4.69) is 15.5 Å². The number of amides is 1. The van der Waals surface area contributed by atoms with Crippen molar-refractivity contribution in [1.29, 1.82) is 0 Å². The van der Waals surface area contributed by atoms with Crippen LogP contribution in [0.3, 0.4) is 0 Å². The summed E-state index contributed by atoms with van der Waals surface area (Å²) in [6.07, 6.45) is 5.99. The molecule has 1 aliphatic heterocycles. The monoisotopic (exact) mass is 253 g/mol. The number of carbonyl (C=O) groups excluding carboxylic acids is 1. The van der Waals surface area contributed by atoms with Crippen LogP contribution < -0.4 is 10.6 Å². The first kappa shape index (κ1) is 13.8. The fourth-order valence-electron chi connectivity index (χ4n) is 2.58. The van der Waals surface area contributed by atoms with Crippen molar-refractivity contribution in [3.8, 4) is 0 Å². The minimum absolute atomic E-state index is 0.190. The van der Waals surface area contributed by atoms with Gasteiger partial charge < -0.3 is 15.5 Å². The van der Waals surface area contributed by atoms with E-state index in [4.69, 9.17) is 0 Å². The average Bonchev–Trinajstić information content (AvgIpc) is 3.19. The van der Waals surface area contributed by atoms with Gasteiger partial charge in [0, 0.05) is 25.6 Å². The van der Waals surface area contributed by atoms with E-state index in [1.54, 1.807) is 0 Å². The van der Waals surface area contributed by atoms with Crippen molar-refractivity contribution in [1.82, 2.24) is 15.5 Å². The van der Waals surface area contributed by atoms with Crippen LogP contribution in [0, 0.1) is 5.92 Å². The zero-order valence-corrected chi connectivity index (χ0v) is 11.6. The molecule has 2 aliphatic rings. The molecule has 2 rings (SSSR count). The molecule has 4 nitrogen and oxygen atoms in total. The lowest BCUT2D eigenvalue weighted by Crippen LogP contribution is -2.39. The Labute approximate surface area is 110 Å². The van der Waals surface area contributed by atoms with Crippen LogP contribution in [0.4, 0.5) is 0 Å². The highest BCUT2D eigenvalue weighted by Crippen LogP contribution is 2.21. The lowest BCUT2D eigenvalue weighted by molar-refractivity contribution is -0.121. The van der Waals surface area contributed by atoms with Gasteiger partial charge in [0.1, 0.15) is 0 Å². The maximum Gasteiger partial charge on any atom is 0.221 e. The SMILES string of the molecule is CCNC(=O)CCN1CCC(CNC2CC2)CC1. The first-order chi connectivity index (χ1) is 8.78. The second kappa shape index (κ2) is 7.10. The molecule has 0 atom stereocenters. The third-order valence-electron chi connectivity index (χ3n) is 4.01. The van der Waals surface area contributed by atoms with Crippen LogP contribution >= 0.6 is 0 Å². The Morgan fingerprint density at radius 2 is 1.94 bits per heavy atom. The van der Waals surface area contributed by atoms with Gasteiger partial charge in [-0.2, -0.15) is 0 Å². The molecule has 0 radical (unpaired) electrons. The number of nitrogens with one attached hydrogen (secondary N) is 2. The van der Waals surface area contributed by atoms with Gasteiger partial charge in [0.05, 0.1) is 0 Å². The van der Waals surface area contributed by atoms with E-state index < -0.39 is 0 Å². The van der Waals surface area contributed by atoms with Crippen LogP contribution in [0.5, 0.6) is 0 Å². The van der Waals surface area contributed by atoms with Crippen molar-refractivity contribution < 1.29 is 4.79 Å². The summed E-state index contributed by atoms with van der Waals surface area (Å²) in [7, 11) is 0. The number of piperidine rings is 1. The molecule has 1 saturated heterocycles. The van der Waals surface area contributed by atoms with Crippen LogP contribution in [0.25, 0.3) is 0 Å². The summed E-state index contributed by atoms with van der Waals surface area (Å²) < 4.78 is 0. The Hall–Kier alpha value is -0.610. The molecule has 1 aliphatic carbocycles. The number of nitrogens with zero attached hydrogens (tertiary/aromatic N) is 1. The molecule has 1 saturated carbocycles. The zero-order valence-electron chi connectivity index (χ0n) is 11.6. The van der Waals surface area contributed by atoms with Gasteiger partial charge >= 0.3 is 0 Å². The van der Waals surface area contributed by atoms with Crippen LogP contribution in [0.15, 0.2) is 0 Å². The van der Waals surface area contributed by atoms with Gasteiger partial charge in [-0.25, -0.2) is 0 Å². The van der Waals surface area contributed by atoms with Crippen molar-refractivity contribution in [2.75, 3.05) is 32.7 Å². The Bertz CT molecular complexity index is 258. The van der Waals surface area contributed by atoms with Gasteiger partial charge in [-0.15, -0.1) is 0 Å². The van der Waals surface area contributed by atoms with E-state index in [1.807, 2.05) is 6.92 Å². The first-order valence-corrected chi connectivity index (χ1v) is 7.50. The predicted molar refractivity (Wildman–Crippen MR) is 73.5 cm³/mol. The smallest absolute Gasteiger partial charge is 0.221 e. The highest BCUT2D eigenvalue weighted by Gasteiger charge is 2.24. The molecule has 0 unspecified atom stereocenters. The van der Waals surface area contributed by atoms with Crippen molar-refractivity contribution >= 4 is 5.91 Å². The molecule has 0 aromatic carbocycles. The standard InChI is InChI=1S/C14H27N3O/c1-2-15-14(18)7-10-17-8-5-12(6-9-17)11-16-13-3-4-13/h12-13,16H,2-11H2,1H3,(H,15,18). The zero-order chi connectivity index (χ0) is 12.8. The molecule has 4 heteroatoms. The molecule has 0 aromatic heterocycles. The molecule has 0 aromatic rings. The summed E-state index contributed by atoms with van der Waals surface area (Å²) in [6.45, 7) is 7.17. The van der Waals surface area contributed by atoms with Gasteiger partial charge in [-0.3, -0.25) is 4.79 Å². The van der Waals surface area contributed by atoms with E-state index in [0.717, 1.165) is 38.1 Å². The van der Waals surface area contributed by atoms with Crippen molar-refractivity contribution in [2.24, 2.45) is 5.92 Å². The molecule has 0 bridgehead atoms. The fraction of sp³-hybridized carbons (Fsp3) is 0.929. The van der Waals surface area contributed by atoms with E-state index in [0.29, 0.717) is 6.42 Å². The van der Waals surface area contributed by atoms with E-state index >= 15 is 0 Å². The quantitative estimate of drug-likeness (QED) is 0.711. The molecule has 2 N–H and O–H groups in total. The summed E-state index contributed by atoms with van der Waals surface area (Å²) in [6, 6.07) is 0.834. The Balaban J connectivity index is 1.53. The number of hydrogen-bond acceptors (Lipinski definition) is 3. The van der Waals surface area contributed by atoms with Crippen LogP contribution in [-0.4, -0.2) is 49.6 Å². The molecular formula is C14H27N3O. The topological polar surface area (TPSA) is 44.4 Å². The van der Waals surface area contributed by atoms with Gasteiger partial charge in [-0.1, -0.05) is 0 Å². The Morgan fingerprint density at radius 1 is 1.22 bits per heavy atom. The highest BCUT2D eigenvalue weighted by molar-refractivity contribution is 5.75. The molecular weight excluding hydrogens is 226 g/mol. The molecule has 104 valence electrons. The van der Waals surface area contributed by atoms with Crippen LogP contribution in [0.1, 0.15) is 39.0 Å². The molecule has 0 spiro atoms. The van der Waals surface area contributed by atoms with Crippen molar-refractivity contribution in [2.45, 2.75) is 45.1 Å². The largest absolute Gasteiger partial charge is 0.356 e. The Morgan fingerprint density at radius 3 is 2.56 bits per heavy atom. The molecule has 1 amide bonds. The molecule has 18 heavy (non-hydrogen) atoms. The Kier molecular flexibility index (Phi) is 5.45. The summed E-state index contributed by atoms with van der Waals surface area (Å²) >= 11 is 0. The highest BCUT2D eigenvalue weighted by atomic mass is 16.1. The molecule has 2 fully saturated rings. The third-order valence-corrected chi connectivity index (χ3v) is 4.01. The normalized spacial score (nSPS) is 22.1. The minimum atomic E-state index is 0.190. The van der Waals surface area contributed by atoms with Crippen LogP contribution in [-0.2, 0) is 4.79 Å².